The van der Waals surface area contributed by atoms with Gasteiger partial charge in [-0.1, -0.05) is 23.8 Å². The largest absolute Gasteiger partial charge is 0.481 e. The van der Waals surface area contributed by atoms with Crippen LogP contribution in [0.1, 0.15) is 18.2 Å². The van der Waals surface area contributed by atoms with Crippen LogP contribution in [0.3, 0.4) is 0 Å². The van der Waals surface area contributed by atoms with E-state index in [0.29, 0.717) is 12.3 Å². The topological polar surface area (TPSA) is 51.2 Å². The molecule has 0 aliphatic rings. The second kappa shape index (κ2) is 6.70. The van der Waals surface area contributed by atoms with E-state index in [9.17, 15) is 4.79 Å². The maximum absolute atomic E-state index is 11.9. The van der Waals surface area contributed by atoms with Crippen LogP contribution in [0.4, 0.5) is 0 Å². The van der Waals surface area contributed by atoms with Gasteiger partial charge in [-0.2, -0.15) is 0 Å². The van der Waals surface area contributed by atoms with Gasteiger partial charge in [-0.3, -0.25) is 9.78 Å². The van der Waals surface area contributed by atoms with Gasteiger partial charge in [-0.05, 0) is 38.1 Å². The van der Waals surface area contributed by atoms with Gasteiger partial charge in [0.1, 0.15) is 5.75 Å². The third-order valence-corrected chi connectivity index (χ3v) is 2.87. The third kappa shape index (κ3) is 4.09. The van der Waals surface area contributed by atoms with E-state index in [1.807, 2.05) is 49.4 Å². The number of nitrogens with zero attached hydrogens (tertiary/aromatic N) is 1. The number of carbonyl (C=O) groups is 1. The molecule has 0 fully saturated rings. The molecule has 1 aromatic carbocycles. The highest BCUT2D eigenvalue weighted by Gasteiger charge is 2.14. The summed E-state index contributed by atoms with van der Waals surface area (Å²) in [5.74, 6) is 0.535. The molecule has 1 unspecified atom stereocenters. The zero-order valence-corrected chi connectivity index (χ0v) is 11.7. The summed E-state index contributed by atoms with van der Waals surface area (Å²) in [5.41, 5.74) is 1.98. The first-order valence-electron chi connectivity index (χ1n) is 6.56. The number of ether oxygens (including phenoxy) is 1. The number of carbonyl (C=O) groups excluding carboxylic acids is 1. The molecule has 0 saturated carbocycles. The number of aromatic nitrogens is 1. The lowest BCUT2D eigenvalue weighted by Gasteiger charge is -2.14. The zero-order valence-electron chi connectivity index (χ0n) is 11.7. The predicted molar refractivity (Wildman–Crippen MR) is 77.4 cm³/mol. The Balaban J connectivity index is 1.84. The summed E-state index contributed by atoms with van der Waals surface area (Å²) in [6.07, 6.45) is 1.16. The van der Waals surface area contributed by atoms with E-state index >= 15 is 0 Å². The van der Waals surface area contributed by atoms with Gasteiger partial charge in [-0.15, -0.1) is 0 Å². The molecule has 0 aliphatic heterocycles. The Bertz CT molecular complexity index is 552. The highest BCUT2D eigenvalue weighted by atomic mass is 16.5. The Labute approximate surface area is 118 Å². The molecule has 1 aromatic heterocycles. The molecule has 0 radical (unpaired) electrons. The molecule has 104 valence electrons. The van der Waals surface area contributed by atoms with Crippen molar-refractivity contribution in [3.05, 3.63) is 59.9 Å². The molecule has 4 nitrogen and oxygen atoms in total. The number of nitrogens with one attached hydrogen (secondary N) is 1. The molecular weight excluding hydrogens is 252 g/mol. The van der Waals surface area contributed by atoms with Gasteiger partial charge in [0, 0.05) is 6.20 Å². The molecule has 1 atom stereocenters. The maximum Gasteiger partial charge on any atom is 0.261 e. The van der Waals surface area contributed by atoms with Gasteiger partial charge in [0.25, 0.3) is 5.91 Å². The maximum atomic E-state index is 11.9. The summed E-state index contributed by atoms with van der Waals surface area (Å²) < 4.78 is 5.59. The van der Waals surface area contributed by atoms with Crippen molar-refractivity contribution < 1.29 is 9.53 Å². The number of benzene rings is 1. The van der Waals surface area contributed by atoms with E-state index < -0.39 is 6.10 Å². The molecule has 2 rings (SSSR count). The van der Waals surface area contributed by atoms with Gasteiger partial charge in [0.15, 0.2) is 6.10 Å². The van der Waals surface area contributed by atoms with Gasteiger partial charge in [0.2, 0.25) is 0 Å². The highest BCUT2D eigenvalue weighted by molar-refractivity contribution is 5.80. The van der Waals surface area contributed by atoms with Crippen LogP contribution < -0.4 is 10.1 Å². The molecule has 1 amide bonds. The molecule has 0 saturated heterocycles. The fraction of sp³-hybridized carbons (Fsp3) is 0.250. The Morgan fingerprint density at radius 2 is 2.00 bits per heavy atom. The molecule has 0 spiro atoms. The smallest absolute Gasteiger partial charge is 0.261 e. The Hall–Kier alpha value is -2.36. The number of amides is 1. The molecule has 0 bridgehead atoms. The number of hydrogen-bond acceptors (Lipinski definition) is 3. The van der Waals surface area contributed by atoms with Crippen molar-refractivity contribution in [1.82, 2.24) is 10.3 Å². The number of aryl methyl sites for hydroxylation is 1. The summed E-state index contributed by atoms with van der Waals surface area (Å²) >= 11 is 0. The molecule has 4 heteroatoms. The summed E-state index contributed by atoms with van der Waals surface area (Å²) in [7, 11) is 0. The van der Waals surface area contributed by atoms with Crippen molar-refractivity contribution in [2.24, 2.45) is 0 Å². The van der Waals surface area contributed by atoms with Crippen molar-refractivity contribution in [2.75, 3.05) is 0 Å². The summed E-state index contributed by atoms with van der Waals surface area (Å²) in [4.78, 5) is 16.1. The second-order valence-electron chi connectivity index (χ2n) is 4.61. The van der Waals surface area contributed by atoms with E-state index in [4.69, 9.17) is 4.74 Å². The van der Waals surface area contributed by atoms with Gasteiger partial charge < -0.3 is 10.1 Å². The van der Waals surface area contributed by atoms with E-state index in [1.165, 1.54) is 0 Å². The van der Waals surface area contributed by atoms with Crippen LogP contribution in [-0.2, 0) is 11.3 Å². The highest BCUT2D eigenvalue weighted by Crippen LogP contribution is 2.13. The summed E-state index contributed by atoms with van der Waals surface area (Å²) in [5, 5.41) is 2.80. The average molecular weight is 270 g/mol. The van der Waals surface area contributed by atoms with E-state index in [1.54, 1.807) is 13.1 Å². The van der Waals surface area contributed by atoms with Gasteiger partial charge in [0.05, 0.1) is 12.2 Å². The van der Waals surface area contributed by atoms with Crippen molar-refractivity contribution >= 4 is 5.91 Å². The summed E-state index contributed by atoms with van der Waals surface area (Å²) in [6, 6.07) is 13.2. The normalized spacial score (nSPS) is 11.7. The Morgan fingerprint density at radius 3 is 2.65 bits per heavy atom. The SMILES string of the molecule is Cc1ccc(OC(C)C(=O)NCc2ccccn2)cc1. The van der Waals surface area contributed by atoms with Crippen LogP contribution in [0.2, 0.25) is 0 Å². The van der Waals surface area contributed by atoms with Crippen LogP contribution in [0.5, 0.6) is 5.75 Å². The molecule has 0 aliphatic carbocycles. The fourth-order valence-electron chi connectivity index (χ4n) is 1.70. The number of pyridine rings is 1. The van der Waals surface area contributed by atoms with E-state index in [2.05, 4.69) is 10.3 Å². The quantitative estimate of drug-likeness (QED) is 0.908. The first-order valence-corrected chi connectivity index (χ1v) is 6.56. The first kappa shape index (κ1) is 14.1. The molecule has 1 N–H and O–H groups in total. The van der Waals surface area contributed by atoms with Crippen molar-refractivity contribution in [3.8, 4) is 5.75 Å². The molecular formula is C16H18N2O2. The van der Waals surface area contributed by atoms with Crippen LogP contribution in [0, 0.1) is 6.92 Å². The molecule has 2 aromatic rings. The summed E-state index contributed by atoms with van der Waals surface area (Å²) in [6.45, 7) is 4.14. The average Bonchev–Trinajstić information content (AvgIpc) is 2.48. The van der Waals surface area contributed by atoms with Crippen LogP contribution in [0.15, 0.2) is 48.7 Å². The Morgan fingerprint density at radius 1 is 1.25 bits per heavy atom. The van der Waals surface area contributed by atoms with Gasteiger partial charge in [-0.25, -0.2) is 0 Å². The molecule has 1 heterocycles. The van der Waals surface area contributed by atoms with Crippen molar-refractivity contribution in [1.29, 1.82) is 0 Å². The lowest BCUT2D eigenvalue weighted by Crippen LogP contribution is -2.36. The number of rotatable bonds is 5. The second-order valence-corrected chi connectivity index (χ2v) is 4.61. The molecule has 20 heavy (non-hydrogen) atoms. The predicted octanol–water partition coefficient (Wildman–Crippen LogP) is 2.47. The minimum absolute atomic E-state index is 0.156. The zero-order chi connectivity index (χ0) is 14.4. The lowest BCUT2D eigenvalue weighted by molar-refractivity contribution is -0.127. The minimum Gasteiger partial charge on any atom is -0.481 e. The minimum atomic E-state index is -0.540. The Kier molecular flexibility index (Phi) is 4.71. The van der Waals surface area contributed by atoms with Gasteiger partial charge >= 0.3 is 0 Å². The van der Waals surface area contributed by atoms with Crippen molar-refractivity contribution in [2.45, 2.75) is 26.5 Å². The lowest BCUT2D eigenvalue weighted by atomic mass is 10.2. The monoisotopic (exact) mass is 270 g/mol. The van der Waals surface area contributed by atoms with Crippen LogP contribution in [0.25, 0.3) is 0 Å². The fourth-order valence-corrected chi connectivity index (χ4v) is 1.70. The number of hydrogen-bond donors (Lipinski definition) is 1. The standard InChI is InChI=1S/C16H18N2O2/c1-12-6-8-15(9-7-12)20-13(2)16(19)18-11-14-5-3-4-10-17-14/h3-10,13H,11H2,1-2H3,(H,18,19). The van der Waals surface area contributed by atoms with E-state index in [0.717, 1.165) is 11.3 Å². The first-order chi connectivity index (χ1) is 9.65. The third-order valence-electron chi connectivity index (χ3n) is 2.87. The van der Waals surface area contributed by atoms with E-state index in [-0.39, 0.29) is 5.91 Å². The van der Waals surface area contributed by atoms with Crippen molar-refractivity contribution in [3.63, 3.8) is 0 Å². The van der Waals surface area contributed by atoms with Crippen LogP contribution in [-0.4, -0.2) is 17.0 Å². The van der Waals surface area contributed by atoms with Crippen LogP contribution >= 0.6 is 0 Å².